The lowest BCUT2D eigenvalue weighted by Crippen LogP contribution is -2.45. The maximum Gasteiger partial charge on any atom is 0.321 e. The monoisotopic (exact) mass is 378 g/mol. The standard InChI is InChI=1S/C17H18N2O4S2/c20-16(19-17(21)18-14-7-8-25(22,23)11-14)10-24-15-6-5-12-3-1-2-4-13(12)9-15/h1-6,9,14H,7-8,10-11H2,(H2,18,19,20,21)/t14-/m0/s1. The lowest BCUT2D eigenvalue weighted by molar-refractivity contribution is -0.117. The van der Waals surface area contributed by atoms with Crippen LogP contribution in [-0.2, 0) is 14.6 Å². The third-order valence-corrected chi connectivity index (χ3v) is 6.67. The van der Waals surface area contributed by atoms with Gasteiger partial charge >= 0.3 is 6.03 Å². The minimum absolute atomic E-state index is 0.0690. The number of thioether (sulfide) groups is 1. The SMILES string of the molecule is O=C(CSc1ccc2ccccc2c1)NC(=O)N[C@H]1CCS(=O)(=O)C1. The largest absolute Gasteiger partial charge is 0.334 e. The van der Waals surface area contributed by atoms with Crippen molar-refractivity contribution in [3.8, 4) is 0 Å². The van der Waals surface area contributed by atoms with Gasteiger partial charge in [-0.05, 0) is 29.3 Å². The Morgan fingerprint density at radius 1 is 1.12 bits per heavy atom. The quantitative estimate of drug-likeness (QED) is 0.794. The topological polar surface area (TPSA) is 92.3 Å². The van der Waals surface area contributed by atoms with Crippen LogP contribution in [0.4, 0.5) is 4.79 Å². The molecule has 0 saturated carbocycles. The van der Waals surface area contributed by atoms with Crippen LogP contribution in [0.15, 0.2) is 47.4 Å². The van der Waals surface area contributed by atoms with Crippen molar-refractivity contribution in [1.29, 1.82) is 0 Å². The highest BCUT2D eigenvalue weighted by Crippen LogP contribution is 2.23. The fraction of sp³-hybridized carbons (Fsp3) is 0.294. The predicted octanol–water partition coefficient (Wildman–Crippen LogP) is 1.94. The molecule has 3 rings (SSSR count). The summed E-state index contributed by atoms with van der Waals surface area (Å²) >= 11 is 1.34. The molecule has 1 aliphatic rings. The summed E-state index contributed by atoms with van der Waals surface area (Å²) in [6.07, 6.45) is 0.385. The van der Waals surface area contributed by atoms with Crippen LogP contribution in [0.3, 0.4) is 0 Å². The molecule has 1 fully saturated rings. The number of rotatable bonds is 4. The first-order valence-electron chi connectivity index (χ1n) is 7.84. The molecule has 0 aromatic heterocycles. The Morgan fingerprint density at radius 3 is 2.60 bits per heavy atom. The van der Waals surface area contributed by atoms with E-state index in [0.29, 0.717) is 6.42 Å². The lowest BCUT2D eigenvalue weighted by Gasteiger charge is -2.11. The Labute approximate surface area is 150 Å². The highest BCUT2D eigenvalue weighted by molar-refractivity contribution is 8.00. The first-order valence-corrected chi connectivity index (χ1v) is 10.6. The van der Waals surface area contributed by atoms with Gasteiger partial charge in [-0.3, -0.25) is 10.1 Å². The van der Waals surface area contributed by atoms with Crippen molar-refractivity contribution in [2.45, 2.75) is 17.4 Å². The Bertz CT molecular complexity index is 912. The van der Waals surface area contributed by atoms with Crippen LogP contribution >= 0.6 is 11.8 Å². The number of hydrogen-bond donors (Lipinski definition) is 2. The van der Waals surface area contributed by atoms with Crippen molar-refractivity contribution < 1.29 is 18.0 Å². The third kappa shape index (κ3) is 4.96. The van der Waals surface area contributed by atoms with Gasteiger partial charge in [-0.1, -0.05) is 30.3 Å². The molecule has 132 valence electrons. The van der Waals surface area contributed by atoms with E-state index in [2.05, 4.69) is 10.6 Å². The highest BCUT2D eigenvalue weighted by Gasteiger charge is 2.29. The molecule has 0 radical (unpaired) electrons. The van der Waals surface area contributed by atoms with E-state index >= 15 is 0 Å². The minimum atomic E-state index is -3.07. The maximum atomic E-state index is 11.9. The summed E-state index contributed by atoms with van der Waals surface area (Å²) in [4.78, 5) is 24.6. The zero-order valence-electron chi connectivity index (χ0n) is 13.4. The van der Waals surface area contributed by atoms with Crippen molar-refractivity contribution >= 4 is 44.3 Å². The van der Waals surface area contributed by atoms with Gasteiger partial charge in [0.2, 0.25) is 5.91 Å². The van der Waals surface area contributed by atoms with E-state index in [1.165, 1.54) is 11.8 Å². The number of sulfone groups is 1. The van der Waals surface area contributed by atoms with Crippen molar-refractivity contribution in [2.24, 2.45) is 0 Å². The second-order valence-electron chi connectivity index (χ2n) is 5.92. The van der Waals surface area contributed by atoms with Gasteiger partial charge in [0.15, 0.2) is 9.84 Å². The summed E-state index contributed by atoms with van der Waals surface area (Å²) in [5, 5.41) is 6.98. The van der Waals surface area contributed by atoms with E-state index in [-0.39, 0.29) is 17.3 Å². The van der Waals surface area contributed by atoms with Crippen LogP contribution in [0.5, 0.6) is 0 Å². The number of carbonyl (C=O) groups excluding carboxylic acids is 2. The van der Waals surface area contributed by atoms with Gasteiger partial charge in [0.1, 0.15) is 0 Å². The summed E-state index contributed by atoms with van der Waals surface area (Å²) in [5.74, 6) is -0.310. The second-order valence-corrected chi connectivity index (χ2v) is 9.20. The van der Waals surface area contributed by atoms with Crippen LogP contribution in [0.25, 0.3) is 10.8 Å². The highest BCUT2D eigenvalue weighted by atomic mass is 32.2. The van der Waals surface area contributed by atoms with Crippen LogP contribution < -0.4 is 10.6 Å². The summed E-state index contributed by atoms with van der Waals surface area (Å²) in [6.45, 7) is 0. The van der Waals surface area contributed by atoms with E-state index in [0.717, 1.165) is 15.7 Å². The summed E-state index contributed by atoms with van der Waals surface area (Å²) in [7, 11) is -3.07. The van der Waals surface area contributed by atoms with Gasteiger partial charge in [0.25, 0.3) is 0 Å². The van der Waals surface area contributed by atoms with Gasteiger partial charge in [-0.25, -0.2) is 13.2 Å². The zero-order chi connectivity index (χ0) is 17.9. The fourth-order valence-corrected chi connectivity index (χ4v) is 5.12. The molecule has 2 aromatic rings. The van der Waals surface area contributed by atoms with Gasteiger partial charge in [0, 0.05) is 10.9 Å². The normalized spacial score (nSPS) is 18.8. The van der Waals surface area contributed by atoms with E-state index in [4.69, 9.17) is 0 Å². The van der Waals surface area contributed by atoms with Gasteiger partial charge < -0.3 is 5.32 Å². The molecular weight excluding hydrogens is 360 g/mol. The second kappa shape index (κ2) is 7.45. The zero-order valence-corrected chi connectivity index (χ0v) is 15.0. The van der Waals surface area contributed by atoms with Crippen LogP contribution in [0.2, 0.25) is 0 Å². The van der Waals surface area contributed by atoms with Crippen molar-refractivity contribution in [2.75, 3.05) is 17.3 Å². The Balaban J connectivity index is 1.48. The van der Waals surface area contributed by atoms with Crippen LogP contribution in [0, 0.1) is 0 Å². The molecule has 1 atom stereocenters. The third-order valence-electron chi connectivity index (χ3n) is 3.91. The van der Waals surface area contributed by atoms with Crippen molar-refractivity contribution in [3.63, 3.8) is 0 Å². The molecule has 0 unspecified atom stereocenters. The predicted molar refractivity (Wildman–Crippen MR) is 98.4 cm³/mol. The maximum absolute atomic E-state index is 11.9. The molecule has 2 aromatic carbocycles. The number of amides is 3. The molecule has 2 N–H and O–H groups in total. The average Bonchev–Trinajstić information content (AvgIpc) is 2.91. The number of imide groups is 1. The molecule has 1 heterocycles. The summed E-state index contributed by atoms with van der Waals surface area (Å²) in [6, 6.07) is 12.8. The first kappa shape index (κ1) is 17.8. The van der Waals surface area contributed by atoms with E-state index in [1.807, 2.05) is 42.5 Å². The fourth-order valence-electron chi connectivity index (χ4n) is 2.70. The number of urea groups is 1. The van der Waals surface area contributed by atoms with Gasteiger partial charge in [-0.2, -0.15) is 0 Å². The first-order chi connectivity index (χ1) is 11.9. The molecule has 0 bridgehead atoms. The smallest absolute Gasteiger partial charge is 0.321 e. The molecule has 25 heavy (non-hydrogen) atoms. The lowest BCUT2D eigenvalue weighted by atomic mass is 10.1. The van der Waals surface area contributed by atoms with Crippen molar-refractivity contribution in [3.05, 3.63) is 42.5 Å². The number of hydrogen-bond acceptors (Lipinski definition) is 5. The Morgan fingerprint density at radius 2 is 1.88 bits per heavy atom. The number of carbonyl (C=O) groups is 2. The molecule has 1 saturated heterocycles. The van der Waals surface area contributed by atoms with Gasteiger partial charge in [0.05, 0.1) is 17.3 Å². The molecule has 8 heteroatoms. The van der Waals surface area contributed by atoms with E-state index in [9.17, 15) is 18.0 Å². The van der Waals surface area contributed by atoms with Gasteiger partial charge in [-0.15, -0.1) is 11.8 Å². The Kier molecular flexibility index (Phi) is 5.29. The minimum Gasteiger partial charge on any atom is -0.334 e. The van der Waals surface area contributed by atoms with E-state index in [1.54, 1.807) is 0 Å². The van der Waals surface area contributed by atoms with E-state index < -0.39 is 27.8 Å². The number of benzene rings is 2. The van der Waals surface area contributed by atoms with Crippen LogP contribution in [0.1, 0.15) is 6.42 Å². The van der Waals surface area contributed by atoms with Crippen LogP contribution in [-0.4, -0.2) is 43.7 Å². The Hall–Kier alpha value is -2.06. The molecule has 0 spiro atoms. The van der Waals surface area contributed by atoms with Crippen molar-refractivity contribution in [1.82, 2.24) is 10.6 Å². The number of fused-ring (bicyclic) bond motifs is 1. The summed E-state index contributed by atoms with van der Waals surface area (Å²) < 4.78 is 22.7. The average molecular weight is 378 g/mol. The molecule has 0 aliphatic carbocycles. The summed E-state index contributed by atoms with van der Waals surface area (Å²) in [5.41, 5.74) is 0. The molecular formula is C17H18N2O4S2. The number of nitrogens with one attached hydrogen (secondary N) is 2. The molecule has 3 amide bonds. The molecule has 1 aliphatic heterocycles. The molecule has 6 nitrogen and oxygen atoms in total.